The number of carbonyl (C=O) groups is 2. The molecule has 154 valence electrons. The average molecular weight is 417 g/mol. The molecule has 1 fully saturated rings. The van der Waals surface area contributed by atoms with Crippen LogP contribution in [0.1, 0.15) is 18.4 Å². The fourth-order valence-electron chi connectivity index (χ4n) is 3.15. The molecule has 0 unspecified atom stereocenters. The molecule has 0 radical (unpaired) electrons. The van der Waals surface area contributed by atoms with Gasteiger partial charge in [0.25, 0.3) is 5.91 Å². The van der Waals surface area contributed by atoms with Crippen molar-refractivity contribution in [3.8, 4) is 5.75 Å². The highest BCUT2D eigenvalue weighted by Crippen LogP contribution is 2.27. The summed E-state index contributed by atoms with van der Waals surface area (Å²) in [6.07, 6.45) is 1.07. The van der Waals surface area contributed by atoms with Crippen molar-refractivity contribution in [2.75, 3.05) is 18.5 Å². The number of hydrogen-bond acceptors (Lipinski definition) is 5. The molecule has 2 aromatic carbocycles. The normalized spacial score (nSPS) is 17.1. The Hall–Kier alpha value is -2.91. The fourth-order valence-corrected chi connectivity index (χ4v) is 4.81. The second-order valence-electron chi connectivity index (χ2n) is 6.86. The molecule has 0 saturated carbocycles. The topological polar surface area (TPSA) is 119 Å². The molecule has 0 aliphatic carbocycles. The van der Waals surface area contributed by atoms with E-state index < -0.39 is 22.0 Å². The van der Waals surface area contributed by atoms with Crippen molar-refractivity contribution in [1.29, 1.82) is 0 Å². The molecule has 0 spiro atoms. The van der Waals surface area contributed by atoms with Crippen molar-refractivity contribution in [2.24, 2.45) is 5.73 Å². The lowest BCUT2D eigenvalue weighted by atomic mass is 10.2. The standard InChI is InChI=1S/C20H23N3O5S/c1-14-4-10-17(11-5-14)29(26,27)23-12-2-3-18(23)20(25)22-15-6-8-16(9-7-15)28-13-19(21)24/h4-11,18H,2-3,12-13H2,1H3,(H2,21,24)(H,22,25)/t18-/m0/s1. The summed E-state index contributed by atoms with van der Waals surface area (Å²) >= 11 is 0. The Morgan fingerprint density at radius 3 is 2.41 bits per heavy atom. The summed E-state index contributed by atoms with van der Waals surface area (Å²) in [5, 5.41) is 2.75. The van der Waals surface area contributed by atoms with Crippen molar-refractivity contribution in [1.82, 2.24) is 4.31 Å². The fraction of sp³-hybridized carbons (Fsp3) is 0.300. The van der Waals surface area contributed by atoms with Crippen LogP contribution < -0.4 is 15.8 Å². The number of amides is 2. The maximum Gasteiger partial charge on any atom is 0.255 e. The smallest absolute Gasteiger partial charge is 0.255 e. The number of primary amides is 1. The lowest BCUT2D eigenvalue weighted by molar-refractivity contribution is -0.120. The van der Waals surface area contributed by atoms with Crippen LogP contribution in [0.15, 0.2) is 53.4 Å². The van der Waals surface area contributed by atoms with E-state index in [4.69, 9.17) is 10.5 Å². The van der Waals surface area contributed by atoms with Gasteiger partial charge in [-0.3, -0.25) is 9.59 Å². The first-order valence-corrected chi connectivity index (χ1v) is 10.6. The summed E-state index contributed by atoms with van der Waals surface area (Å²) in [6.45, 7) is 1.94. The van der Waals surface area contributed by atoms with Gasteiger partial charge < -0.3 is 15.8 Å². The van der Waals surface area contributed by atoms with Crippen LogP contribution in [-0.4, -0.2) is 43.7 Å². The Bertz CT molecular complexity index is 988. The first-order valence-electron chi connectivity index (χ1n) is 9.18. The average Bonchev–Trinajstić information content (AvgIpc) is 3.19. The van der Waals surface area contributed by atoms with Gasteiger partial charge in [-0.2, -0.15) is 4.31 Å². The van der Waals surface area contributed by atoms with E-state index in [1.54, 1.807) is 48.5 Å². The number of anilines is 1. The molecule has 2 aromatic rings. The molecular formula is C20H23N3O5S. The van der Waals surface area contributed by atoms with Crippen LogP contribution in [0.3, 0.4) is 0 Å². The van der Waals surface area contributed by atoms with E-state index in [2.05, 4.69) is 5.32 Å². The first kappa shape index (κ1) is 20.8. The van der Waals surface area contributed by atoms with Crippen LogP contribution in [0.2, 0.25) is 0 Å². The summed E-state index contributed by atoms with van der Waals surface area (Å²) < 4.78 is 32.4. The third-order valence-electron chi connectivity index (χ3n) is 4.64. The molecule has 3 rings (SSSR count). The minimum Gasteiger partial charge on any atom is -0.484 e. The number of carbonyl (C=O) groups excluding carboxylic acids is 2. The molecule has 1 aliphatic heterocycles. The molecule has 1 atom stereocenters. The maximum absolute atomic E-state index is 13.0. The van der Waals surface area contributed by atoms with E-state index in [1.807, 2.05) is 6.92 Å². The second-order valence-corrected chi connectivity index (χ2v) is 8.75. The molecule has 1 saturated heterocycles. The summed E-state index contributed by atoms with van der Waals surface area (Å²) in [5.74, 6) is -0.534. The highest BCUT2D eigenvalue weighted by Gasteiger charge is 2.39. The van der Waals surface area contributed by atoms with Crippen molar-refractivity contribution >= 4 is 27.5 Å². The molecule has 0 bridgehead atoms. The summed E-state index contributed by atoms with van der Waals surface area (Å²) in [6, 6.07) is 12.2. The number of ether oxygens (including phenoxy) is 1. The Kier molecular flexibility index (Phi) is 6.19. The number of sulfonamides is 1. The SMILES string of the molecule is Cc1ccc(S(=O)(=O)N2CCC[C@H]2C(=O)Nc2ccc(OCC(N)=O)cc2)cc1. The van der Waals surface area contributed by atoms with Crippen LogP contribution in [-0.2, 0) is 19.6 Å². The molecule has 3 N–H and O–H groups in total. The van der Waals surface area contributed by atoms with Crippen LogP contribution in [0.4, 0.5) is 5.69 Å². The number of hydrogen-bond donors (Lipinski definition) is 2. The maximum atomic E-state index is 13.0. The van der Waals surface area contributed by atoms with Gasteiger partial charge >= 0.3 is 0 Å². The van der Waals surface area contributed by atoms with Gasteiger partial charge in [0.05, 0.1) is 4.90 Å². The van der Waals surface area contributed by atoms with Gasteiger partial charge in [0.2, 0.25) is 15.9 Å². The van der Waals surface area contributed by atoms with Crippen LogP contribution in [0.5, 0.6) is 5.75 Å². The highest BCUT2D eigenvalue weighted by atomic mass is 32.2. The van der Waals surface area contributed by atoms with E-state index in [0.29, 0.717) is 30.8 Å². The van der Waals surface area contributed by atoms with Crippen LogP contribution >= 0.6 is 0 Å². The van der Waals surface area contributed by atoms with Crippen molar-refractivity contribution in [3.05, 3.63) is 54.1 Å². The lowest BCUT2D eigenvalue weighted by Gasteiger charge is -2.23. The Morgan fingerprint density at radius 2 is 1.79 bits per heavy atom. The molecule has 8 nitrogen and oxygen atoms in total. The van der Waals surface area contributed by atoms with E-state index >= 15 is 0 Å². The minimum atomic E-state index is -3.76. The zero-order chi connectivity index (χ0) is 21.0. The molecule has 9 heteroatoms. The quantitative estimate of drug-likeness (QED) is 0.710. The molecule has 0 aromatic heterocycles. The summed E-state index contributed by atoms with van der Waals surface area (Å²) in [7, 11) is -3.76. The number of benzene rings is 2. The largest absolute Gasteiger partial charge is 0.484 e. The monoisotopic (exact) mass is 417 g/mol. The summed E-state index contributed by atoms with van der Waals surface area (Å²) in [5.41, 5.74) is 6.49. The third kappa shape index (κ3) is 4.93. The van der Waals surface area contributed by atoms with Crippen molar-refractivity contribution in [3.63, 3.8) is 0 Å². The number of nitrogens with two attached hydrogens (primary N) is 1. The number of nitrogens with zero attached hydrogens (tertiary/aromatic N) is 1. The number of aryl methyl sites for hydroxylation is 1. The lowest BCUT2D eigenvalue weighted by Crippen LogP contribution is -2.43. The zero-order valence-corrected chi connectivity index (χ0v) is 16.8. The predicted molar refractivity (Wildman–Crippen MR) is 108 cm³/mol. The zero-order valence-electron chi connectivity index (χ0n) is 16.0. The van der Waals surface area contributed by atoms with Crippen LogP contribution in [0.25, 0.3) is 0 Å². The van der Waals surface area contributed by atoms with Gasteiger partial charge in [0.1, 0.15) is 11.8 Å². The van der Waals surface area contributed by atoms with Gasteiger partial charge in [0.15, 0.2) is 6.61 Å². The van der Waals surface area contributed by atoms with Gasteiger partial charge in [-0.15, -0.1) is 0 Å². The van der Waals surface area contributed by atoms with E-state index in [1.165, 1.54) is 4.31 Å². The molecule has 1 aliphatic rings. The Labute approximate surface area is 169 Å². The molecule has 1 heterocycles. The van der Waals surface area contributed by atoms with Crippen molar-refractivity contribution < 1.29 is 22.7 Å². The molecule has 2 amide bonds. The molecule has 29 heavy (non-hydrogen) atoms. The summed E-state index contributed by atoms with van der Waals surface area (Å²) in [4.78, 5) is 23.7. The van der Waals surface area contributed by atoms with Gasteiger partial charge in [-0.05, 0) is 56.2 Å². The predicted octanol–water partition coefficient (Wildman–Crippen LogP) is 1.65. The number of nitrogens with one attached hydrogen (secondary N) is 1. The van der Waals surface area contributed by atoms with Crippen molar-refractivity contribution in [2.45, 2.75) is 30.7 Å². The molecular weight excluding hydrogens is 394 g/mol. The second kappa shape index (κ2) is 8.62. The number of rotatable bonds is 7. The Morgan fingerprint density at radius 1 is 1.14 bits per heavy atom. The highest BCUT2D eigenvalue weighted by molar-refractivity contribution is 7.89. The minimum absolute atomic E-state index is 0.179. The third-order valence-corrected chi connectivity index (χ3v) is 6.56. The van der Waals surface area contributed by atoms with E-state index in [-0.39, 0.29) is 17.4 Å². The van der Waals surface area contributed by atoms with Gasteiger partial charge in [-0.25, -0.2) is 8.42 Å². The van der Waals surface area contributed by atoms with Gasteiger partial charge in [-0.1, -0.05) is 17.7 Å². The van der Waals surface area contributed by atoms with Gasteiger partial charge in [0, 0.05) is 12.2 Å². The Balaban J connectivity index is 1.70. The van der Waals surface area contributed by atoms with Crippen LogP contribution in [0, 0.1) is 6.92 Å². The van der Waals surface area contributed by atoms with E-state index in [9.17, 15) is 18.0 Å². The van der Waals surface area contributed by atoms with E-state index in [0.717, 1.165) is 5.56 Å². The first-order chi connectivity index (χ1) is 13.8.